The highest BCUT2D eigenvalue weighted by Crippen LogP contribution is 2.43. The Morgan fingerprint density at radius 3 is 2.32 bits per heavy atom. The summed E-state index contributed by atoms with van der Waals surface area (Å²) in [5.41, 5.74) is 0. The van der Waals surface area contributed by atoms with Gasteiger partial charge >= 0.3 is 0 Å². The summed E-state index contributed by atoms with van der Waals surface area (Å²) in [7, 11) is 1.55. The van der Waals surface area contributed by atoms with Crippen LogP contribution in [0.4, 0.5) is 0 Å². The Morgan fingerprint density at radius 1 is 0.818 bits per heavy atom. The molecule has 5 heterocycles. The van der Waals surface area contributed by atoms with Gasteiger partial charge in [0.1, 0.15) is 12.2 Å². The van der Waals surface area contributed by atoms with Crippen molar-refractivity contribution in [3.05, 3.63) is 0 Å². The predicted molar refractivity (Wildman–Crippen MR) is 156 cm³/mol. The van der Waals surface area contributed by atoms with E-state index in [2.05, 4.69) is 13.8 Å². The number of aliphatic hydroxyl groups excluding tert-OH is 5. The molecule has 0 saturated carbocycles. The van der Waals surface area contributed by atoms with Crippen molar-refractivity contribution in [1.29, 1.82) is 0 Å². The normalized spacial score (nSPS) is 51.0. The van der Waals surface area contributed by atoms with Crippen LogP contribution in [0.1, 0.15) is 91.9 Å². The van der Waals surface area contributed by atoms with E-state index in [4.69, 9.17) is 33.2 Å². The molecule has 256 valence electrons. The van der Waals surface area contributed by atoms with E-state index in [9.17, 15) is 25.5 Å². The number of rotatable bonds is 10. The van der Waals surface area contributed by atoms with Gasteiger partial charge in [-0.05, 0) is 25.2 Å². The van der Waals surface area contributed by atoms with Crippen molar-refractivity contribution in [2.45, 2.75) is 178 Å². The molecule has 5 saturated heterocycles. The van der Waals surface area contributed by atoms with Crippen LogP contribution in [0.25, 0.3) is 0 Å². The Balaban J connectivity index is 1.23. The fraction of sp³-hybridized carbons (Fsp3) is 1.00. The number of aliphatic hydroxyl groups is 5. The molecule has 0 aromatic heterocycles. The standard InChI is InChI=1S/C32H56O12/c1-6-7-10-32(15-19(33)12-23(43-32)18(4)28-24(38-5)14-21(35)31(37)42-28)44-26-9-8-22(39-26)29-20(34)13-25(40-29)27-16(2)11-17(3)30(36)41-27/h16-31,33-37H,6-15H2,1-5H3. The molecule has 5 N–H and O–H groups in total. The molecule has 0 radical (unpaired) electrons. The molecule has 5 fully saturated rings. The summed E-state index contributed by atoms with van der Waals surface area (Å²) in [4.78, 5) is 0. The third-order valence-electron chi connectivity index (χ3n) is 10.6. The average Bonchev–Trinajstić information content (AvgIpc) is 3.60. The average molecular weight is 633 g/mol. The molecule has 12 heteroatoms. The number of hydrogen-bond donors (Lipinski definition) is 5. The third kappa shape index (κ3) is 7.63. The molecular weight excluding hydrogens is 576 g/mol. The van der Waals surface area contributed by atoms with Gasteiger partial charge in [-0.1, -0.05) is 34.1 Å². The first-order chi connectivity index (χ1) is 20.9. The van der Waals surface area contributed by atoms with Crippen molar-refractivity contribution in [2.75, 3.05) is 7.11 Å². The fourth-order valence-electron chi connectivity index (χ4n) is 8.07. The van der Waals surface area contributed by atoms with Crippen molar-refractivity contribution in [1.82, 2.24) is 0 Å². The molecule has 44 heavy (non-hydrogen) atoms. The Morgan fingerprint density at radius 2 is 1.59 bits per heavy atom. The van der Waals surface area contributed by atoms with Crippen molar-refractivity contribution < 1.29 is 58.7 Å². The first kappa shape index (κ1) is 34.8. The number of hydrogen-bond acceptors (Lipinski definition) is 12. The molecule has 0 amide bonds. The Bertz CT molecular complexity index is 910. The van der Waals surface area contributed by atoms with E-state index in [1.54, 1.807) is 7.11 Å². The van der Waals surface area contributed by atoms with Gasteiger partial charge in [0.25, 0.3) is 0 Å². The van der Waals surface area contributed by atoms with E-state index in [0.29, 0.717) is 38.5 Å². The van der Waals surface area contributed by atoms with Crippen LogP contribution in [0.5, 0.6) is 0 Å². The van der Waals surface area contributed by atoms with Crippen LogP contribution in [-0.2, 0) is 33.2 Å². The van der Waals surface area contributed by atoms with Crippen LogP contribution in [-0.4, -0.2) is 118 Å². The van der Waals surface area contributed by atoms with Gasteiger partial charge in [-0.2, -0.15) is 0 Å². The molecule has 12 nitrogen and oxygen atoms in total. The van der Waals surface area contributed by atoms with Crippen LogP contribution >= 0.6 is 0 Å². The van der Waals surface area contributed by atoms with Crippen molar-refractivity contribution in [2.24, 2.45) is 17.8 Å². The van der Waals surface area contributed by atoms with Gasteiger partial charge in [-0.25, -0.2) is 0 Å². The summed E-state index contributed by atoms with van der Waals surface area (Å²) in [5, 5.41) is 52.7. The van der Waals surface area contributed by atoms with Crippen LogP contribution in [0.15, 0.2) is 0 Å². The minimum atomic E-state index is -1.32. The summed E-state index contributed by atoms with van der Waals surface area (Å²) < 4.78 is 43.3. The lowest BCUT2D eigenvalue weighted by molar-refractivity contribution is -0.359. The van der Waals surface area contributed by atoms with Gasteiger partial charge in [0.2, 0.25) is 0 Å². The van der Waals surface area contributed by atoms with Crippen molar-refractivity contribution in [3.63, 3.8) is 0 Å². The zero-order valence-corrected chi connectivity index (χ0v) is 26.9. The highest BCUT2D eigenvalue weighted by molar-refractivity contribution is 4.96. The smallest absolute Gasteiger partial charge is 0.181 e. The molecule has 17 atom stereocenters. The van der Waals surface area contributed by atoms with E-state index >= 15 is 0 Å². The monoisotopic (exact) mass is 632 g/mol. The van der Waals surface area contributed by atoms with Crippen molar-refractivity contribution >= 4 is 0 Å². The SMILES string of the molecule is CCCCC1(OC2CCC(C3OC(C4OC(O)C(C)CC4C)CC3O)O2)CC(O)CC(C(C)C2OC(O)C(O)CC2OC)O1. The number of ether oxygens (including phenoxy) is 7. The van der Waals surface area contributed by atoms with E-state index in [1.807, 2.05) is 13.8 Å². The summed E-state index contributed by atoms with van der Waals surface area (Å²) in [6.07, 6.45) is -2.48. The van der Waals surface area contributed by atoms with Gasteiger partial charge in [0, 0.05) is 57.5 Å². The lowest BCUT2D eigenvalue weighted by Gasteiger charge is -2.48. The summed E-state index contributed by atoms with van der Waals surface area (Å²) in [5.74, 6) is -1.11. The summed E-state index contributed by atoms with van der Waals surface area (Å²) >= 11 is 0. The maximum atomic E-state index is 11.1. The van der Waals surface area contributed by atoms with Crippen LogP contribution in [0, 0.1) is 17.8 Å². The predicted octanol–water partition coefficient (Wildman–Crippen LogP) is 1.95. The molecule has 0 bridgehead atoms. The minimum absolute atomic E-state index is 0.0543. The molecule has 17 unspecified atom stereocenters. The lowest BCUT2D eigenvalue weighted by atomic mass is 9.83. The second kappa shape index (κ2) is 14.7. The van der Waals surface area contributed by atoms with Gasteiger partial charge in [-0.15, -0.1) is 0 Å². The largest absolute Gasteiger partial charge is 0.393 e. The Hall–Kier alpha value is -0.480. The zero-order chi connectivity index (χ0) is 31.8. The first-order valence-electron chi connectivity index (χ1n) is 16.8. The lowest BCUT2D eigenvalue weighted by Crippen LogP contribution is -2.57. The number of unbranched alkanes of at least 4 members (excludes halogenated alkanes) is 1. The maximum absolute atomic E-state index is 11.1. The topological polar surface area (TPSA) is 166 Å². The fourth-order valence-corrected chi connectivity index (χ4v) is 8.07. The Labute approximate surface area is 261 Å². The second-order valence-electron chi connectivity index (χ2n) is 14.1. The molecule has 0 spiro atoms. The first-order valence-corrected chi connectivity index (χ1v) is 16.8. The zero-order valence-electron chi connectivity index (χ0n) is 26.9. The Kier molecular flexibility index (Phi) is 11.7. The minimum Gasteiger partial charge on any atom is -0.393 e. The van der Waals surface area contributed by atoms with Gasteiger partial charge in [0.05, 0.1) is 48.8 Å². The van der Waals surface area contributed by atoms with Crippen molar-refractivity contribution in [3.8, 4) is 0 Å². The molecule has 0 aromatic carbocycles. The molecular formula is C32H56O12. The third-order valence-corrected chi connectivity index (χ3v) is 10.6. The van der Waals surface area contributed by atoms with Gasteiger partial charge < -0.3 is 58.7 Å². The molecule has 5 aliphatic rings. The van der Waals surface area contributed by atoms with Gasteiger partial charge in [0.15, 0.2) is 24.7 Å². The van der Waals surface area contributed by atoms with E-state index in [0.717, 1.165) is 19.3 Å². The molecule has 5 rings (SSSR count). The molecule has 0 aliphatic carbocycles. The van der Waals surface area contributed by atoms with Gasteiger partial charge in [-0.3, -0.25) is 0 Å². The van der Waals surface area contributed by atoms with Crippen LogP contribution in [0.2, 0.25) is 0 Å². The highest BCUT2D eigenvalue weighted by atomic mass is 16.8. The van der Waals surface area contributed by atoms with E-state index in [-0.39, 0.29) is 42.5 Å². The second-order valence-corrected chi connectivity index (χ2v) is 14.1. The van der Waals surface area contributed by atoms with Crippen LogP contribution < -0.4 is 0 Å². The highest BCUT2D eigenvalue weighted by Gasteiger charge is 2.52. The summed E-state index contributed by atoms with van der Waals surface area (Å²) in [6, 6.07) is 0. The van der Waals surface area contributed by atoms with E-state index < -0.39 is 67.4 Å². The molecule has 0 aromatic rings. The molecule has 5 aliphatic heterocycles. The maximum Gasteiger partial charge on any atom is 0.181 e. The van der Waals surface area contributed by atoms with Crippen LogP contribution in [0.3, 0.4) is 0 Å². The number of methoxy groups -OCH3 is 1. The van der Waals surface area contributed by atoms with E-state index in [1.165, 1.54) is 0 Å². The summed E-state index contributed by atoms with van der Waals surface area (Å²) in [6.45, 7) is 8.10. The quantitative estimate of drug-likeness (QED) is 0.238.